The summed E-state index contributed by atoms with van der Waals surface area (Å²) < 4.78 is 11.3. The first-order valence-corrected chi connectivity index (χ1v) is 39.4. The number of unbranched alkanes of at least 4 members (excludes halogenated alkanes) is 61. The van der Waals surface area contributed by atoms with E-state index in [0.29, 0.717) is 6.42 Å². The Hall–Kier alpha value is -1.07. The molecule has 0 aromatic rings. The molecular weight excluding hydrogens is 1080 g/mol. The maximum absolute atomic E-state index is 13.2. The molecule has 518 valence electrons. The van der Waals surface area contributed by atoms with Crippen LogP contribution in [0.15, 0.2) is 12.2 Å². The highest BCUT2D eigenvalue weighted by Crippen LogP contribution is 2.24. The molecule has 0 aromatic carbocycles. The summed E-state index contributed by atoms with van der Waals surface area (Å²) in [4.78, 5) is 13.2. The third-order valence-electron chi connectivity index (χ3n) is 19.4. The zero-order chi connectivity index (χ0) is 62.8. The number of carbonyl (C=O) groups excluding carboxylic acids is 1. The van der Waals surface area contributed by atoms with Crippen LogP contribution in [-0.4, -0.2) is 87.5 Å². The van der Waals surface area contributed by atoms with Crippen molar-refractivity contribution in [3.8, 4) is 0 Å². The first-order valence-electron chi connectivity index (χ1n) is 39.4. The van der Waals surface area contributed by atoms with Crippen molar-refractivity contribution in [1.82, 2.24) is 5.32 Å². The second-order valence-corrected chi connectivity index (χ2v) is 27.9. The minimum Gasteiger partial charge on any atom is -0.394 e. The third-order valence-corrected chi connectivity index (χ3v) is 19.4. The first kappa shape index (κ1) is 83.9. The van der Waals surface area contributed by atoms with Crippen molar-refractivity contribution in [3.05, 3.63) is 12.2 Å². The smallest absolute Gasteiger partial charge is 0.220 e. The number of hydrogen-bond acceptors (Lipinski definition) is 8. The van der Waals surface area contributed by atoms with Crippen molar-refractivity contribution in [2.45, 2.75) is 468 Å². The van der Waals surface area contributed by atoms with Gasteiger partial charge in [-0.05, 0) is 19.3 Å². The van der Waals surface area contributed by atoms with E-state index in [1.807, 2.05) is 6.08 Å². The van der Waals surface area contributed by atoms with Crippen LogP contribution in [0.5, 0.6) is 0 Å². The third kappa shape index (κ3) is 56.2. The van der Waals surface area contributed by atoms with Crippen molar-refractivity contribution in [2.75, 3.05) is 13.2 Å². The fourth-order valence-corrected chi connectivity index (χ4v) is 13.2. The zero-order valence-electron chi connectivity index (χ0n) is 58.3. The Balaban J connectivity index is 2.05. The van der Waals surface area contributed by atoms with E-state index in [-0.39, 0.29) is 12.5 Å². The molecule has 87 heavy (non-hydrogen) atoms. The molecule has 0 spiro atoms. The maximum atomic E-state index is 13.2. The molecule has 9 nitrogen and oxygen atoms in total. The van der Waals surface area contributed by atoms with Crippen LogP contribution in [0.3, 0.4) is 0 Å². The van der Waals surface area contributed by atoms with Crippen LogP contribution in [-0.2, 0) is 14.3 Å². The van der Waals surface area contributed by atoms with Crippen LogP contribution in [0.4, 0.5) is 0 Å². The number of ether oxygens (including phenoxy) is 2. The number of aliphatic hydroxyl groups excluding tert-OH is 5. The summed E-state index contributed by atoms with van der Waals surface area (Å²) in [6.07, 6.45) is 82.2. The lowest BCUT2D eigenvalue weighted by Gasteiger charge is -2.40. The highest BCUT2D eigenvalue weighted by molar-refractivity contribution is 5.76. The Bertz CT molecular complexity index is 1380. The molecule has 0 radical (unpaired) electrons. The van der Waals surface area contributed by atoms with Gasteiger partial charge in [0.15, 0.2) is 6.29 Å². The predicted octanol–water partition coefficient (Wildman–Crippen LogP) is 22.2. The zero-order valence-corrected chi connectivity index (χ0v) is 58.3. The molecule has 1 fully saturated rings. The number of amides is 1. The van der Waals surface area contributed by atoms with E-state index in [9.17, 15) is 30.3 Å². The van der Waals surface area contributed by atoms with Gasteiger partial charge >= 0.3 is 0 Å². The van der Waals surface area contributed by atoms with E-state index in [4.69, 9.17) is 9.47 Å². The minimum atomic E-state index is -1.57. The van der Waals surface area contributed by atoms with E-state index in [2.05, 4.69) is 19.2 Å². The fourth-order valence-electron chi connectivity index (χ4n) is 13.2. The second kappa shape index (κ2) is 67.8. The van der Waals surface area contributed by atoms with Crippen molar-refractivity contribution in [2.24, 2.45) is 0 Å². The summed E-state index contributed by atoms with van der Waals surface area (Å²) in [5.41, 5.74) is 0. The summed E-state index contributed by atoms with van der Waals surface area (Å²) in [6.45, 7) is 3.86. The van der Waals surface area contributed by atoms with E-state index in [0.717, 1.165) is 38.5 Å². The molecule has 7 atom stereocenters. The van der Waals surface area contributed by atoms with Gasteiger partial charge in [-0.2, -0.15) is 0 Å². The Labute approximate surface area is 541 Å². The lowest BCUT2D eigenvalue weighted by atomic mass is 9.99. The lowest BCUT2D eigenvalue weighted by molar-refractivity contribution is -0.302. The van der Waals surface area contributed by atoms with Gasteiger partial charge in [-0.15, -0.1) is 0 Å². The molecule has 9 heteroatoms. The lowest BCUT2D eigenvalue weighted by Crippen LogP contribution is -2.60. The van der Waals surface area contributed by atoms with Gasteiger partial charge in [0.1, 0.15) is 24.4 Å². The van der Waals surface area contributed by atoms with Gasteiger partial charge in [-0.3, -0.25) is 4.79 Å². The van der Waals surface area contributed by atoms with Crippen LogP contribution in [0, 0.1) is 0 Å². The Morgan fingerprint density at radius 3 is 0.897 bits per heavy atom. The topological polar surface area (TPSA) is 149 Å². The molecule has 6 N–H and O–H groups in total. The van der Waals surface area contributed by atoms with Crippen LogP contribution < -0.4 is 5.32 Å². The van der Waals surface area contributed by atoms with E-state index < -0.39 is 49.5 Å². The molecule has 0 saturated carbocycles. The van der Waals surface area contributed by atoms with Crippen LogP contribution in [0.25, 0.3) is 0 Å². The second-order valence-electron chi connectivity index (χ2n) is 27.9. The number of carbonyl (C=O) groups is 1. The van der Waals surface area contributed by atoms with Crippen molar-refractivity contribution >= 4 is 5.91 Å². The number of rotatable bonds is 71. The van der Waals surface area contributed by atoms with Gasteiger partial charge in [0, 0.05) is 6.42 Å². The van der Waals surface area contributed by atoms with Gasteiger partial charge in [0.05, 0.1) is 25.4 Å². The van der Waals surface area contributed by atoms with Gasteiger partial charge < -0.3 is 40.3 Å². The van der Waals surface area contributed by atoms with E-state index in [1.165, 1.54) is 366 Å². The van der Waals surface area contributed by atoms with Gasteiger partial charge in [0.2, 0.25) is 5.91 Å². The van der Waals surface area contributed by atoms with Crippen molar-refractivity contribution < 1.29 is 39.8 Å². The predicted molar refractivity (Wildman–Crippen MR) is 374 cm³/mol. The summed E-state index contributed by atoms with van der Waals surface area (Å²) in [7, 11) is 0. The molecule has 1 heterocycles. The SMILES string of the molecule is CCCCCCCCCCCCCCCCCCCCCCCCCCCC/C=C/C(O)C(COC1OC(CO)C(O)C(O)C1O)NC(=O)CCCCCCCCCCCCCCCCCCCCCCCCCCCCCCCCCCCCCC. The summed E-state index contributed by atoms with van der Waals surface area (Å²) in [5, 5.41) is 54.9. The van der Waals surface area contributed by atoms with Gasteiger partial charge in [-0.1, -0.05) is 411 Å². The number of allylic oxidation sites excluding steroid dienone is 1. The number of nitrogens with one attached hydrogen (secondary N) is 1. The molecule has 0 aromatic heterocycles. The summed E-state index contributed by atoms with van der Waals surface area (Å²) >= 11 is 0. The Morgan fingerprint density at radius 2 is 0.632 bits per heavy atom. The highest BCUT2D eigenvalue weighted by Gasteiger charge is 2.44. The average molecular weight is 1230 g/mol. The molecule has 1 aliphatic rings. The normalized spacial score (nSPS) is 17.9. The monoisotopic (exact) mass is 1230 g/mol. The molecule has 1 aliphatic heterocycles. The Morgan fingerprint density at radius 1 is 0.379 bits per heavy atom. The maximum Gasteiger partial charge on any atom is 0.220 e. The van der Waals surface area contributed by atoms with Crippen molar-refractivity contribution in [1.29, 1.82) is 0 Å². The van der Waals surface area contributed by atoms with E-state index >= 15 is 0 Å². The molecule has 1 amide bonds. The molecule has 1 rings (SSSR count). The number of hydrogen-bond donors (Lipinski definition) is 6. The largest absolute Gasteiger partial charge is 0.394 e. The van der Waals surface area contributed by atoms with Gasteiger partial charge in [0.25, 0.3) is 0 Å². The molecule has 0 aliphatic carbocycles. The average Bonchev–Trinajstić information content (AvgIpc) is 3.46. The van der Waals surface area contributed by atoms with Gasteiger partial charge in [-0.25, -0.2) is 0 Å². The molecule has 0 bridgehead atoms. The molecular formula is C78H153NO8. The van der Waals surface area contributed by atoms with Crippen LogP contribution in [0.1, 0.15) is 425 Å². The van der Waals surface area contributed by atoms with E-state index in [1.54, 1.807) is 6.08 Å². The molecule has 7 unspecified atom stereocenters. The molecule has 1 saturated heterocycles. The fraction of sp³-hybridized carbons (Fsp3) is 0.962. The minimum absolute atomic E-state index is 0.165. The number of aliphatic hydroxyl groups is 5. The standard InChI is InChI=1S/C78H153NO8/c1-3-5-7-9-11-13-15-17-19-21-23-25-27-29-31-33-34-35-36-37-38-39-40-42-44-46-48-50-52-54-56-58-60-62-64-66-68-74(82)79-71(70-86-78-77(85)76(84)75(83)73(69-80)87-78)72(81)67-65-63-61-59-57-55-53-51-49-47-45-43-41-32-30-28-26-24-22-20-18-16-14-12-10-8-6-4-2/h65,67,71-73,75-78,80-81,83-85H,3-64,66,68-70H2,1-2H3,(H,79,82)/b67-65+. The van der Waals surface area contributed by atoms with Crippen molar-refractivity contribution in [3.63, 3.8) is 0 Å². The van der Waals surface area contributed by atoms with Crippen LogP contribution >= 0.6 is 0 Å². The highest BCUT2D eigenvalue weighted by atomic mass is 16.7. The van der Waals surface area contributed by atoms with Crippen LogP contribution in [0.2, 0.25) is 0 Å². The first-order chi connectivity index (χ1) is 42.8. The Kier molecular flexibility index (Phi) is 65.4. The quantitative estimate of drug-likeness (QED) is 0.0261. The summed E-state index contributed by atoms with van der Waals surface area (Å²) in [6, 6.07) is -0.803. The summed E-state index contributed by atoms with van der Waals surface area (Å²) in [5.74, 6) is -0.165.